The van der Waals surface area contributed by atoms with Crippen LogP contribution in [0.4, 0.5) is 0 Å². The minimum absolute atomic E-state index is 0.205. The van der Waals surface area contributed by atoms with Crippen molar-refractivity contribution in [2.75, 3.05) is 0 Å². The van der Waals surface area contributed by atoms with Crippen LogP contribution in [0.5, 0.6) is 0 Å². The highest BCUT2D eigenvalue weighted by atomic mass is 16.6. The molecular formula is C18H24N2O2. The Balaban J connectivity index is 2.27. The third-order valence-electron chi connectivity index (χ3n) is 4.16. The fourth-order valence-electron chi connectivity index (χ4n) is 2.68. The van der Waals surface area contributed by atoms with E-state index >= 15 is 0 Å². The van der Waals surface area contributed by atoms with Crippen molar-refractivity contribution in [1.29, 1.82) is 0 Å². The van der Waals surface area contributed by atoms with Crippen molar-refractivity contribution in [3.8, 4) is 0 Å². The summed E-state index contributed by atoms with van der Waals surface area (Å²) in [6.45, 7) is 9.84. The summed E-state index contributed by atoms with van der Waals surface area (Å²) in [6, 6.07) is 6.35. The maximum Gasteiger partial charge on any atom is 0.304 e. The van der Waals surface area contributed by atoms with Gasteiger partial charge in [-0.3, -0.25) is 4.79 Å². The quantitative estimate of drug-likeness (QED) is 0.780. The van der Waals surface area contributed by atoms with E-state index in [-0.39, 0.29) is 18.1 Å². The van der Waals surface area contributed by atoms with E-state index in [1.165, 1.54) is 23.6 Å². The summed E-state index contributed by atoms with van der Waals surface area (Å²) >= 11 is 0. The monoisotopic (exact) mass is 300 g/mol. The van der Waals surface area contributed by atoms with Crippen molar-refractivity contribution in [2.24, 2.45) is 0 Å². The summed E-state index contributed by atoms with van der Waals surface area (Å²) in [7, 11) is 0. The number of carbonyl (C=O) groups excluding carboxylic acids is 1. The normalized spacial score (nSPS) is 13.7. The molecule has 0 amide bonds. The van der Waals surface area contributed by atoms with Crippen molar-refractivity contribution in [3.05, 3.63) is 53.1 Å². The molecular weight excluding hydrogens is 276 g/mol. The molecule has 118 valence electrons. The molecule has 0 radical (unpaired) electrons. The van der Waals surface area contributed by atoms with Crippen LogP contribution in [-0.2, 0) is 9.53 Å². The van der Waals surface area contributed by atoms with Crippen molar-refractivity contribution >= 4 is 5.97 Å². The van der Waals surface area contributed by atoms with Gasteiger partial charge in [0.1, 0.15) is 0 Å². The van der Waals surface area contributed by atoms with E-state index in [9.17, 15) is 4.79 Å². The number of hydrogen-bond donors (Lipinski definition) is 0. The maximum absolute atomic E-state index is 11.2. The first-order valence-corrected chi connectivity index (χ1v) is 7.70. The van der Waals surface area contributed by atoms with Gasteiger partial charge in [0.05, 0.1) is 12.0 Å². The number of esters is 1. The lowest BCUT2D eigenvalue weighted by Crippen LogP contribution is -2.13. The van der Waals surface area contributed by atoms with Gasteiger partial charge in [-0.05, 0) is 30.5 Å². The van der Waals surface area contributed by atoms with Crippen LogP contribution in [0.3, 0.4) is 0 Å². The summed E-state index contributed by atoms with van der Waals surface area (Å²) in [5.41, 5.74) is 4.86. The molecule has 0 fully saturated rings. The van der Waals surface area contributed by atoms with Gasteiger partial charge in [0, 0.05) is 25.5 Å². The Kier molecular flexibility index (Phi) is 5.01. The molecule has 2 rings (SSSR count). The van der Waals surface area contributed by atoms with E-state index in [1.807, 2.05) is 17.7 Å². The fourth-order valence-corrected chi connectivity index (χ4v) is 2.68. The van der Waals surface area contributed by atoms with Crippen LogP contribution in [-0.4, -0.2) is 15.5 Å². The van der Waals surface area contributed by atoms with E-state index < -0.39 is 0 Å². The van der Waals surface area contributed by atoms with Crippen molar-refractivity contribution in [3.63, 3.8) is 0 Å². The number of hydrogen-bond acceptors (Lipinski definition) is 3. The van der Waals surface area contributed by atoms with E-state index in [2.05, 4.69) is 44.0 Å². The molecule has 4 heteroatoms. The first-order valence-electron chi connectivity index (χ1n) is 7.70. The first-order chi connectivity index (χ1) is 10.4. The van der Waals surface area contributed by atoms with Gasteiger partial charge in [-0.1, -0.05) is 32.0 Å². The third kappa shape index (κ3) is 3.38. The van der Waals surface area contributed by atoms with E-state index in [4.69, 9.17) is 4.74 Å². The molecule has 0 saturated carbocycles. The molecule has 0 aliphatic rings. The van der Waals surface area contributed by atoms with Gasteiger partial charge in [-0.15, -0.1) is 0 Å². The molecule has 1 aromatic carbocycles. The summed E-state index contributed by atoms with van der Waals surface area (Å²) in [6.07, 6.45) is 4.15. The molecule has 2 atom stereocenters. The number of carbonyl (C=O) groups is 1. The Morgan fingerprint density at radius 2 is 2.09 bits per heavy atom. The summed E-state index contributed by atoms with van der Waals surface area (Å²) in [5, 5.41) is 0. The van der Waals surface area contributed by atoms with Gasteiger partial charge < -0.3 is 9.30 Å². The van der Waals surface area contributed by atoms with Crippen molar-refractivity contribution in [2.45, 2.75) is 53.2 Å². The minimum Gasteiger partial charge on any atom is -0.441 e. The molecule has 1 unspecified atom stereocenters. The Labute approximate surface area is 132 Å². The van der Waals surface area contributed by atoms with Gasteiger partial charge >= 0.3 is 5.97 Å². The molecule has 1 aromatic heterocycles. The third-order valence-corrected chi connectivity index (χ3v) is 4.16. The van der Waals surface area contributed by atoms with Gasteiger partial charge in [0.15, 0.2) is 6.23 Å². The lowest BCUT2D eigenvalue weighted by molar-refractivity contribution is -0.151. The smallest absolute Gasteiger partial charge is 0.304 e. The van der Waals surface area contributed by atoms with Crippen LogP contribution >= 0.6 is 0 Å². The predicted molar refractivity (Wildman–Crippen MR) is 86.8 cm³/mol. The highest BCUT2D eigenvalue weighted by Gasteiger charge is 2.17. The van der Waals surface area contributed by atoms with Crippen LogP contribution in [0, 0.1) is 13.8 Å². The highest BCUT2D eigenvalue weighted by Crippen LogP contribution is 2.28. The maximum atomic E-state index is 11.2. The number of benzene rings is 1. The molecule has 0 spiro atoms. The number of rotatable bonds is 5. The lowest BCUT2D eigenvalue weighted by Gasteiger charge is -2.17. The average molecular weight is 300 g/mol. The van der Waals surface area contributed by atoms with E-state index in [0.717, 1.165) is 5.69 Å². The van der Waals surface area contributed by atoms with Crippen LogP contribution < -0.4 is 0 Å². The van der Waals surface area contributed by atoms with Crippen LogP contribution in [0.1, 0.15) is 61.7 Å². The number of ether oxygens (including phenoxy) is 1. The topological polar surface area (TPSA) is 44.1 Å². The lowest BCUT2D eigenvalue weighted by atomic mass is 9.92. The molecule has 4 nitrogen and oxygen atoms in total. The van der Waals surface area contributed by atoms with Crippen LogP contribution in [0.2, 0.25) is 0 Å². The SMILES string of the molecule is CCC(OC(C)=O)n1cnc([C@@H](C)c2cccc(C)c2C)c1. The van der Waals surface area contributed by atoms with Crippen LogP contribution in [0.25, 0.3) is 0 Å². The van der Waals surface area contributed by atoms with Gasteiger partial charge in [-0.2, -0.15) is 0 Å². The number of nitrogens with zero attached hydrogens (tertiary/aromatic N) is 2. The van der Waals surface area contributed by atoms with Gasteiger partial charge in [-0.25, -0.2) is 4.98 Å². The Bertz CT molecular complexity index is 661. The second-order valence-electron chi connectivity index (χ2n) is 5.73. The second-order valence-corrected chi connectivity index (χ2v) is 5.73. The Morgan fingerprint density at radius 1 is 1.36 bits per heavy atom. The van der Waals surface area contributed by atoms with Crippen LogP contribution in [0.15, 0.2) is 30.7 Å². The Morgan fingerprint density at radius 3 is 2.73 bits per heavy atom. The Hall–Kier alpha value is -2.10. The molecule has 0 aliphatic heterocycles. The van der Waals surface area contributed by atoms with E-state index in [1.54, 1.807) is 6.33 Å². The number of imidazole rings is 1. The zero-order valence-electron chi connectivity index (χ0n) is 14.0. The largest absolute Gasteiger partial charge is 0.441 e. The fraction of sp³-hybridized carbons (Fsp3) is 0.444. The summed E-state index contributed by atoms with van der Waals surface area (Å²) in [4.78, 5) is 15.7. The predicted octanol–water partition coefficient (Wildman–Crippen LogP) is 4.12. The molecule has 0 aliphatic carbocycles. The summed E-state index contributed by atoms with van der Waals surface area (Å²) < 4.78 is 7.18. The molecule has 0 bridgehead atoms. The molecule has 0 N–H and O–H groups in total. The highest BCUT2D eigenvalue weighted by molar-refractivity contribution is 5.66. The molecule has 22 heavy (non-hydrogen) atoms. The first kappa shape index (κ1) is 16.3. The molecule has 0 saturated heterocycles. The zero-order chi connectivity index (χ0) is 16.3. The molecule has 1 heterocycles. The van der Waals surface area contributed by atoms with Gasteiger partial charge in [0.2, 0.25) is 0 Å². The van der Waals surface area contributed by atoms with Gasteiger partial charge in [0.25, 0.3) is 0 Å². The van der Waals surface area contributed by atoms with Crippen molar-refractivity contribution < 1.29 is 9.53 Å². The second kappa shape index (κ2) is 6.77. The summed E-state index contributed by atoms with van der Waals surface area (Å²) in [5.74, 6) is -0.0688. The van der Waals surface area contributed by atoms with Crippen molar-refractivity contribution in [1.82, 2.24) is 9.55 Å². The zero-order valence-corrected chi connectivity index (χ0v) is 14.0. The standard InChI is InChI=1S/C18H24N2O2/c1-6-18(22-15(5)21)20-10-17(19-11-20)14(4)16-9-7-8-12(2)13(16)3/h7-11,14,18H,6H2,1-5H3/t14-,18?/m0/s1. The number of aromatic nitrogens is 2. The van der Waals surface area contributed by atoms with E-state index in [0.29, 0.717) is 6.42 Å². The molecule has 2 aromatic rings. The number of aryl methyl sites for hydroxylation is 1. The minimum atomic E-state index is -0.287. The average Bonchev–Trinajstić information content (AvgIpc) is 2.96.